The molecular weight excluding hydrogens is 316 g/mol. The van der Waals surface area contributed by atoms with Crippen molar-refractivity contribution in [3.05, 3.63) is 0 Å². The van der Waals surface area contributed by atoms with Crippen LogP contribution in [0.25, 0.3) is 0 Å². The smallest absolute Gasteiger partial charge is 0.160 e. The van der Waals surface area contributed by atoms with Crippen molar-refractivity contribution in [3.63, 3.8) is 0 Å². The van der Waals surface area contributed by atoms with Crippen molar-refractivity contribution in [2.24, 2.45) is 39.9 Å². The van der Waals surface area contributed by atoms with E-state index in [1.807, 2.05) is 11.8 Å². The van der Waals surface area contributed by atoms with Crippen molar-refractivity contribution in [1.29, 1.82) is 10.5 Å². The van der Waals surface area contributed by atoms with Crippen LogP contribution in [0.2, 0.25) is 0 Å². The van der Waals surface area contributed by atoms with Gasteiger partial charge in [-0.15, -0.1) is 0 Å². The Bertz CT molecular complexity index is 629. The van der Waals surface area contributed by atoms with Gasteiger partial charge in [0.15, 0.2) is 5.41 Å². The highest BCUT2D eigenvalue weighted by Crippen LogP contribution is 2.76. The first kappa shape index (κ1) is 15.3. The minimum Gasteiger partial charge on any atom is -0.299 e. The maximum atomic E-state index is 13.8. The molecule has 4 heteroatoms. The molecule has 6 rings (SSSR count). The molecule has 3 nitrogen and oxygen atoms in total. The van der Waals surface area contributed by atoms with Gasteiger partial charge in [0.25, 0.3) is 0 Å². The lowest BCUT2D eigenvalue weighted by molar-refractivity contribution is -0.146. The monoisotopic (exact) mass is 340 g/mol. The molecule has 0 N–H and O–H groups in total. The number of hydrogen-bond acceptors (Lipinski definition) is 4. The number of nitrogens with zero attached hydrogens (tertiary/aromatic N) is 2. The molecule has 0 aromatic carbocycles. The fourth-order valence-electron chi connectivity index (χ4n) is 7.56. The number of ketones is 1. The van der Waals surface area contributed by atoms with Gasteiger partial charge in [-0.25, -0.2) is 0 Å². The zero-order valence-corrected chi connectivity index (χ0v) is 14.9. The van der Waals surface area contributed by atoms with Gasteiger partial charge in [0.2, 0.25) is 0 Å². The lowest BCUT2D eigenvalue weighted by atomic mass is 9.48. The van der Waals surface area contributed by atoms with E-state index in [-0.39, 0.29) is 16.7 Å². The number of nitriles is 2. The van der Waals surface area contributed by atoms with Crippen molar-refractivity contribution in [2.75, 3.05) is 11.5 Å². The normalized spacial score (nSPS) is 46.2. The van der Waals surface area contributed by atoms with Crippen LogP contribution < -0.4 is 0 Å². The second-order valence-electron chi connectivity index (χ2n) is 9.30. The van der Waals surface area contributed by atoms with Crippen LogP contribution in [0.1, 0.15) is 51.4 Å². The molecule has 0 aromatic heterocycles. The summed E-state index contributed by atoms with van der Waals surface area (Å²) in [6.45, 7) is 0. The Labute approximate surface area is 148 Å². The molecule has 1 heterocycles. The van der Waals surface area contributed by atoms with E-state index in [9.17, 15) is 15.3 Å². The van der Waals surface area contributed by atoms with Gasteiger partial charge in [0.05, 0.1) is 18.1 Å². The van der Waals surface area contributed by atoms with E-state index < -0.39 is 5.41 Å². The van der Waals surface area contributed by atoms with Crippen LogP contribution in [0.5, 0.6) is 0 Å². The Morgan fingerprint density at radius 3 is 1.88 bits per heavy atom. The van der Waals surface area contributed by atoms with Crippen LogP contribution in [-0.2, 0) is 4.79 Å². The van der Waals surface area contributed by atoms with E-state index >= 15 is 0 Å². The second kappa shape index (κ2) is 4.79. The highest BCUT2D eigenvalue weighted by atomic mass is 32.2. The zero-order chi connectivity index (χ0) is 16.6. The van der Waals surface area contributed by atoms with Gasteiger partial charge in [-0.1, -0.05) is 0 Å². The average Bonchev–Trinajstić information content (AvgIpc) is 3.13. The van der Waals surface area contributed by atoms with Crippen LogP contribution in [-0.4, -0.2) is 17.3 Å². The summed E-state index contributed by atoms with van der Waals surface area (Å²) >= 11 is 1.90. The second-order valence-corrected chi connectivity index (χ2v) is 10.5. The van der Waals surface area contributed by atoms with Crippen molar-refractivity contribution in [3.8, 4) is 12.1 Å². The molecule has 1 spiro atoms. The van der Waals surface area contributed by atoms with E-state index in [1.165, 1.54) is 19.3 Å². The van der Waals surface area contributed by atoms with Crippen LogP contribution in [0.15, 0.2) is 0 Å². The summed E-state index contributed by atoms with van der Waals surface area (Å²) in [4.78, 5) is 13.8. The molecule has 1 unspecified atom stereocenters. The van der Waals surface area contributed by atoms with Crippen LogP contribution in [0, 0.1) is 62.6 Å². The number of Topliss-reactive ketones (excluding diaryl/α,β-unsaturated/α-hetero) is 1. The van der Waals surface area contributed by atoms with Gasteiger partial charge < -0.3 is 0 Å². The summed E-state index contributed by atoms with van der Waals surface area (Å²) in [6.07, 6.45) is 8.86. The van der Waals surface area contributed by atoms with E-state index in [1.54, 1.807) is 0 Å². The number of rotatable bonds is 2. The lowest BCUT2D eigenvalue weighted by Gasteiger charge is -2.56. The summed E-state index contributed by atoms with van der Waals surface area (Å²) < 4.78 is 0. The molecule has 126 valence electrons. The number of hydrogen-bond donors (Lipinski definition) is 0. The van der Waals surface area contributed by atoms with Crippen LogP contribution in [0.4, 0.5) is 0 Å². The molecular formula is C20H24N2OS. The quantitative estimate of drug-likeness (QED) is 0.763. The Balaban J connectivity index is 1.51. The average molecular weight is 340 g/mol. The minimum atomic E-state index is -1.02. The largest absolute Gasteiger partial charge is 0.299 e. The highest BCUT2D eigenvalue weighted by Gasteiger charge is 2.82. The van der Waals surface area contributed by atoms with Crippen molar-refractivity contribution < 1.29 is 4.79 Å². The van der Waals surface area contributed by atoms with Gasteiger partial charge in [-0.3, -0.25) is 4.79 Å². The molecule has 6 fully saturated rings. The fourth-order valence-corrected chi connectivity index (χ4v) is 8.78. The van der Waals surface area contributed by atoms with Gasteiger partial charge >= 0.3 is 0 Å². The molecule has 0 aromatic rings. The standard InChI is InChI=1S/C20H24N2OS/c21-11-20(12-22)16(19(20)1-3-24-4-2-19)17(23)18-8-13-5-14(9-18)7-15(6-13)10-18/h13-16H,1-10H2. The molecule has 0 radical (unpaired) electrons. The molecule has 6 aliphatic rings. The molecule has 4 bridgehead atoms. The Hall–Kier alpha value is -1.000. The minimum absolute atomic E-state index is 0.174. The summed E-state index contributed by atoms with van der Waals surface area (Å²) in [7, 11) is 0. The molecule has 1 saturated heterocycles. The van der Waals surface area contributed by atoms with Crippen LogP contribution >= 0.6 is 11.8 Å². The zero-order valence-electron chi connectivity index (χ0n) is 14.1. The van der Waals surface area contributed by atoms with Gasteiger partial charge in [-0.05, 0) is 80.6 Å². The van der Waals surface area contributed by atoms with E-state index in [0.717, 1.165) is 61.4 Å². The number of carbonyl (C=O) groups is 1. The third-order valence-electron chi connectivity index (χ3n) is 8.25. The lowest BCUT2D eigenvalue weighted by Crippen LogP contribution is -2.51. The summed E-state index contributed by atoms with van der Waals surface area (Å²) in [5.74, 6) is 4.22. The maximum absolute atomic E-state index is 13.8. The Morgan fingerprint density at radius 1 is 0.917 bits per heavy atom. The van der Waals surface area contributed by atoms with Crippen LogP contribution in [0.3, 0.4) is 0 Å². The van der Waals surface area contributed by atoms with Crippen molar-refractivity contribution in [2.45, 2.75) is 51.4 Å². The van der Waals surface area contributed by atoms with Gasteiger partial charge in [-0.2, -0.15) is 22.3 Å². The number of carbonyl (C=O) groups excluding carboxylic acids is 1. The molecule has 24 heavy (non-hydrogen) atoms. The van der Waals surface area contributed by atoms with Crippen molar-refractivity contribution >= 4 is 17.5 Å². The molecule has 0 amide bonds. The Morgan fingerprint density at radius 2 is 1.42 bits per heavy atom. The number of thioether (sulfide) groups is 1. The first-order valence-electron chi connectivity index (χ1n) is 9.54. The molecule has 5 saturated carbocycles. The first-order chi connectivity index (χ1) is 11.6. The maximum Gasteiger partial charge on any atom is 0.160 e. The summed E-state index contributed by atoms with van der Waals surface area (Å²) in [5.41, 5.74) is -1.51. The van der Waals surface area contributed by atoms with Gasteiger partial charge in [0.1, 0.15) is 5.78 Å². The predicted molar refractivity (Wildman–Crippen MR) is 91.8 cm³/mol. The third kappa shape index (κ3) is 1.67. The van der Waals surface area contributed by atoms with E-state index in [0.29, 0.717) is 5.78 Å². The Kier molecular flexibility index (Phi) is 3.05. The molecule has 1 atom stereocenters. The molecule has 5 aliphatic carbocycles. The summed E-state index contributed by atoms with van der Waals surface area (Å²) in [5, 5.41) is 19.7. The van der Waals surface area contributed by atoms with E-state index in [4.69, 9.17) is 0 Å². The van der Waals surface area contributed by atoms with Gasteiger partial charge in [0, 0.05) is 10.8 Å². The van der Waals surface area contributed by atoms with Crippen molar-refractivity contribution in [1.82, 2.24) is 0 Å². The predicted octanol–water partition coefficient (Wildman–Crippen LogP) is 3.95. The molecule has 1 aliphatic heterocycles. The summed E-state index contributed by atoms with van der Waals surface area (Å²) in [6, 6.07) is 4.67. The SMILES string of the molecule is N#CC1(C#N)C(C(=O)C23CC4CC(CC(C4)C2)C3)C12CCSCC2. The highest BCUT2D eigenvalue weighted by molar-refractivity contribution is 7.99. The van der Waals surface area contributed by atoms with E-state index in [2.05, 4.69) is 12.1 Å². The fraction of sp³-hybridized carbons (Fsp3) is 0.850. The topological polar surface area (TPSA) is 64.7 Å². The third-order valence-corrected chi connectivity index (χ3v) is 9.23. The first-order valence-corrected chi connectivity index (χ1v) is 10.7.